The van der Waals surface area contributed by atoms with E-state index < -0.39 is 17.9 Å². The lowest BCUT2D eigenvalue weighted by atomic mass is 10.1. The third-order valence-electron chi connectivity index (χ3n) is 3.48. The minimum absolute atomic E-state index is 0. The number of hydrogen-bond donors (Lipinski definition) is 5. The molecule has 0 radical (unpaired) electrons. The number of nitrogens with one attached hydrogen (secondary N) is 2. The van der Waals surface area contributed by atoms with Gasteiger partial charge in [0.1, 0.15) is 6.04 Å². The Morgan fingerprint density at radius 3 is 2.25 bits per heavy atom. The number of carbonyl (C=O) groups is 2. The van der Waals surface area contributed by atoms with Crippen LogP contribution in [0, 0.1) is 23.7 Å². The molecule has 7 heteroatoms. The molecule has 1 atom stereocenters. The van der Waals surface area contributed by atoms with E-state index in [1.807, 2.05) is 12.1 Å². The van der Waals surface area contributed by atoms with Crippen LogP contribution in [0.15, 0.2) is 48.5 Å². The van der Waals surface area contributed by atoms with Gasteiger partial charge in [-0.05, 0) is 54.3 Å². The average Bonchev–Trinajstić information content (AvgIpc) is 2.69. The molecule has 144 valence electrons. The second kappa shape index (κ2) is 11.0. The van der Waals surface area contributed by atoms with Gasteiger partial charge in [0.2, 0.25) is 0 Å². The molecule has 2 aromatic carbocycles. The van der Waals surface area contributed by atoms with Crippen molar-refractivity contribution in [2.24, 2.45) is 5.73 Å². The second-order valence-electron chi connectivity index (χ2n) is 5.44. The standard InChI is InChI=1S/C20H18N4O3.CH4/c21-13-18(20(26)24-27)23-19(25)16-10-8-14(9-11-16)4-1-2-5-15-6-3-7-17(22)12-15;/h3,6-12,18,27H,13,21-22H2,(H,23,25)(H,24,26);1H4/t18-;/m0./s1. The zero-order valence-corrected chi connectivity index (χ0v) is 14.3. The zero-order chi connectivity index (χ0) is 19.6. The Morgan fingerprint density at radius 2 is 1.68 bits per heavy atom. The van der Waals surface area contributed by atoms with Crippen LogP contribution in [-0.4, -0.2) is 29.6 Å². The summed E-state index contributed by atoms with van der Waals surface area (Å²) in [6, 6.07) is 12.6. The fourth-order valence-corrected chi connectivity index (χ4v) is 2.08. The van der Waals surface area contributed by atoms with Crippen LogP contribution in [0.2, 0.25) is 0 Å². The molecular formula is C21H22N4O3. The molecule has 0 bridgehead atoms. The highest BCUT2D eigenvalue weighted by Gasteiger charge is 2.19. The summed E-state index contributed by atoms with van der Waals surface area (Å²) < 4.78 is 0. The monoisotopic (exact) mass is 378 g/mol. The van der Waals surface area contributed by atoms with Crippen molar-refractivity contribution in [2.75, 3.05) is 12.3 Å². The maximum Gasteiger partial charge on any atom is 0.267 e. The molecular weight excluding hydrogens is 356 g/mol. The number of hydroxylamine groups is 1. The first kappa shape index (κ1) is 22.3. The Kier molecular flexibility index (Phi) is 8.78. The van der Waals surface area contributed by atoms with Crippen LogP contribution >= 0.6 is 0 Å². The molecule has 0 saturated carbocycles. The minimum atomic E-state index is -1.02. The highest BCUT2D eigenvalue weighted by molar-refractivity contribution is 5.97. The van der Waals surface area contributed by atoms with Crippen molar-refractivity contribution >= 4 is 17.5 Å². The van der Waals surface area contributed by atoms with Crippen LogP contribution in [0.5, 0.6) is 0 Å². The number of rotatable bonds is 4. The van der Waals surface area contributed by atoms with Gasteiger partial charge in [-0.3, -0.25) is 14.8 Å². The lowest BCUT2D eigenvalue weighted by Crippen LogP contribution is -2.50. The molecule has 0 saturated heterocycles. The van der Waals surface area contributed by atoms with Crippen LogP contribution < -0.4 is 22.3 Å². The Labute approximate surface area is 164 Å². The smallest absolute Gasteiger partial charge is 0.267 e. The number of hydrogen-bond acceptors (Lipinski definition) is 5. The van der Waals surface area contributed by atoms with E-state index in [0.717, 1.165) is 5.56 Å². The van der Waals surface area contributed by atoms with Crippen LogP contribution in [0.3, 0.4) is 0 Å². The number of nitrogens with two attached hydrogens (primary N) is 2. The lowest BCUT2D eigenvalue weighted by molar-refractivity contribution is -0.130. The van der Waals surface area contributed by atoms with E-state index in [9.17, 15) is 9.59 Å². The molecule has 7 N–H and O–H groups in total. The van der Waals surface area contributed by atoms with E-state index >= 15 is 0 Å². The fraction of sp³-hybridized carbons (Fsp3) is 0.143. The lowest BCUT2D eigenvalue weighted by Gasteiger charge is -2.14. The second-order valence-corrected chi connectivity index (χ2v) is 5.44. The summed E-state index contributed by atoms with van der Waals surface area (Å²) >= 11 is 0. The first-order chi connectivity index (χ1) is 13.0. The van der Waals surface area contributed by atoms with Gasteiger partial charge in [0.15, 0.2) is 0 Å². The van der Waals surface area contributed by atoms with Crippen molar-refractivity contribution in [1.29, 1.82) is 0 Å². The Hall–Kier alpha value is -3.78. The summed E-state index contributed by atoms with van der Waals surface area (Å²) in [6.45, 7) is -0.145. The van der Waals surface area contributed by atoms with E-state index in [4.69, 9.17) is 16.7 Å². The van der Waals surface area contributed by atoms with E-state index in [1.54, 1.807) is 36.4 Å². The molecule has 0 aromatic heterocycles. The molecule has 0 aliphatic heterocycles. The number of benzene rings is 2. The molecule has 28 heavy (non-hydrogen) atoms. The topological polar surface area (TPSA) is 130 Å². The van der Waals surface area contributed by atoms with Gasteiger partial charge in [0, 0.05) is 28.9 Å². The summed E-state index contributed by atoms with van der Waals surface area (Å²) in [5, 5.41) is 11.0. The van der Waals surface area contributed by atoms with Crippen LogP contribution in [0.1, 0.15) is 28.9 Å². The maximum atomic E-state index is 12.1. The van der Waals surface area contributed by atoms with Gasteiger partial charge >= 0.3 is 0 Å². The van der Waals surface area contributed by atoms with Crippen molar-refractivity contribution in [1.82, 2.24) is 10.8 Å². The highest BCUT2D eigenvalue weighted by atomic mass is 16.5. The normalized spacial score (nSPS) is 10.1. The van der Waals surface area contributed by atoms with Gasteiger partial charge in [-0.1, -0.05) is 25.3 Å². The Bertz CT molecular complexity index is 947. The fourth-order valence-electron chi connectivity index (χ4n) is 2.08. The largest absolute Gasteiger partial charge is 0.399 e. The molecule has 7 nitrogen and oxygen atoms in total. The Morgan fingerprint density at radius 1 is 1.04 bits per heavy atom. The zero-order valence-electron chi connectivity index (χ0n) is 14.3. The summed E-state index contributed by atoms with van der Waals surface area (Å²) in [5.74, 6) is 9.96. The van der Waals surface area contributed by atoms with Gasteiger partial charge in [-0.15, -0.1) is 0 Å². The minimum Gasteiger partial charge on any atom is -0.399 e. The summed E-state index contributed by atoms with van der Waals surface area (Å²) in [5.41, 5.74) is 14.9. The number of nitrogen functional groups attached to an aromatic ring is 1. The van der Waals surface area contributed by atoms with Crippen molar-refractivity contribution in [2.45, 2.75) is 13.5 Å². The van der Waals surface area contributed by atoms with Gasteiger partial charge in [-0.2, -0.15) is 0 Å². The highest BCUT2D eigenvalue weighted by Crippen LogP contribution is 2.05. The molecule has 0 heterocycles. The Balaban J connectivity index is 0.00000392. The SMILES string of the molecule is C.NC[C@H](NC(=O)c1ccc(C#CC#Cc2cccc(N)c2)cc1)C(=O)NO. The molecule has 2 amide bonds. The van der Waals surface area contributed by atoms with Gasteiger partial charge in [0.25, 0.3) is 11.8 Å². The molecule has 0 unspecified atom stereocenters. The summed E-state index contributed by atoms with van der Waals surface area (Å²) in [4.78, 5) is 23.4. The molecule has 0 fully saturated rings. The molecule has 0 aliphatic rings. The third-order valence-corrected chi connectivity index (χ3v) is 3.48. The van der Waals surface area contributed by atoms with Gasteiger partial charge in [0.05, 0.1) is 0 Å². The van der Waals surface area contributed by atoms with Crippen molar-refractivity contribution in [3.8, 4) is 23.7 Å². The van der Waals surface area contributed by atoms with Crippen molar-refractivity contribution in [3.05, 3.63) is 65.2 Å². The summed E-state index contributed by atoms with van der Waals surface area (Å²) in [7, 11) is 0. The number of carbonyl (C=O) groups excluding carboxylic acids is 2. The predicted molar refractivity (Wildman–Crippen MR) is 108 cm³/mol. The van der Waals surface area contributed by atoms with Gasteiger partial charge < -0.3 is 16.8 Å². The third kappa shape index (κ3) is 6.50. The van der Waals surface area contributed by atoms with Crippen molar-refractivity contribution < 1.29 is 14.8 Å². The maximum absolute atomic E-state index is 12.1. The van der Waals surface area contributed by atoms with Crippen LogP contribution in [0.4, 0.5) is 5.69 Å². The van der Waals surface area contributed by atoms with E-state index in [2.05, 4.69) is 29.0 Å². The number of amides is 2. The van der Waals surface area contributed by atoms with E-state index in [0.29, 0.717) is 16.8 Å². The quantitative estimate of drug-likeness (QED) is 0.233. The first-order valence-corrected chi connectivity index (χ1v) is 7.96. The van der Waals surface area contributed by atoms with Crippen LogP contribution in [-0.2, 0) is 4.79 Å². The molecule has 0 spiro atoms. The number of anilines is 1. The van der Waals surface area contributed by atoms with E-state index in [-0.39, 0.29) is 14.0 Å². The predicted octanol–water partition coefficient (Wildman–Crippen LogP) is 0.871. The molecule has 0 aliphatic carbocycles. The van der Waals surface area contributed by atoms with Gasteiger partial charge in [-0.25, -0.2) is 5.48 Å². The molecule has 2 rings (SSSR count). The first-order valence-electron chi connectivity index (χ1n) is 7.96. The molecule has 2 aromatic rings. The van der Waals surface area contributed by atoms with Crippen LogP contribution in [0.25, 0.3) is 0 Å². The summed E-state index contributed by atoms with van der Waals surface area (Å²) in [6.07, 6.45) is 0. The average molecular weight is 378 g/mol. The van der Waals surface area contributed by atoms with Crippen molar-refractivity contribution in [3.63, 3.8) is 0 Å². The van der Waals surface area contributed by atoms with E-state index in [1.165, 1.54) is 5.48 Å².